The van der Waals surface area contributed by atoms with E-state index in [9.17, 15) is 60.6 Å². The summed E-state index contributed by atoms with van der Waals surface area (Å²) in [6.45, 7) is 11.8. The van der Waals surface area contributed by atoms with E-state index in [2.05, 4.69) is 42.5 Å². The molecule has 7 aromatic rings. The number of rotatable bonds is 26. The maximum atomic E-state index is 15.2. The van der Waals surface area contributed by atoms with Gasteiger partial charge in [-0.05, 0) is 173 Å². The Bertz CT molecular complexity index is 5780. The SMILES string of the molecule is COc1ccc2c(O[C@@H]3C[C@H]4C(=O)N[C@]5(C(=O)O)CC5/C=C\CCCCC[C@H](NC(=O)N[C@H](CN(C)S(=O)(=O)C(C)C)C5CCC5)C(=O)N4C3)cc(-c3csc(NC(C)C)n3)nc2c1.COc1ccc2c(O[C@@H]3C[C@H]4C(=O)N[C@]5(C(=O)O)CC5/C=C\CCCCC[C@H](NC(=O)N[C@H](CN5CCc6ccccc6S5(=O)=O)C5CCCCC5)C(=O)N4C3)cc(-c3csc(NC(C)C)n3)nc2c1. The zero-order chi connectivity index (χ0) is 95.1. The van der Waals surface area contributed by atoms with Crippen molar-refractivity contribution in [3.63, 3.8) is 0 Å². The van der Waals surface area contributed by atoms with Crippen LogP contribution < -0.4 is 61.5 Å². The minimum atomic E-state index is -3.81. The number of nitrogens with one attached hydrogen (secondary N) is 8. The van der Waals surface area contributed by atoms with Crippen molar-refractivity contribution in [1.82, 2.24) is 70.2 Å². The second-order valence-corrected chi connectivity index (χ2v) is 44.2. The fourth-order valence-electron chi connectivity index (χ4n) is 19.5. The van der Waals surface area contributed by atoms with E-state index < -0.39 is 144 Å². The number of likely N-dealkylation sites (N-methyl/N-ethyl adjacent to an activating group) is 1. The molecular weight excluding hydrogens is 1790 g/mol. The highest BCUT2D eigenvalue weighted by Gasteiger charge is 2.63. The van der Waals surface area contributed by atoms with Crippen molar-refractivity contribution in [3.05, 3.63) is 113 Å². The van der Waals surface area contributed by atoms with Crippen LogP contribution in [0.25, 0.3) is 44.6 Å². The maximum absolute atomic E-state index is 15.2. The number of anilines is 2. The summed E-state index contributed by atoms with van der Waals surface area (Å²) in [5.41, 5.74) is 1.28. The monoisotopic (exact) mass is 1920 g/mol. The van der Waals surface area contributed by atoms with Crippen LogP contribution in [0.4, 0.5) is 19.9 Å². The van der Waals surface area contributed by atoms with Gasteiger partial charge in [-0.2, -0.15) is 4.31 Å². The molecule has 38 heteroatoms. The first kappa shape index (κ1) is 97.7. The normalized spacial score (nSPS) is 25.7. The van der Waals surface area contributed by atoms with E-state index in [4.69, 9.17) is 38.9 Å². The Balaban J connectivity index is 0.000000205. The zero-order valence-electron chi connectivity index (χ0n) is 77.5. The lowest BCUT2D eigenvalue weighted by Crippen LogP contribution is -2.59. The number of hydrogen-bond acceptors (Lipinski definition) is 24. The van der Waals surface area contributed by atoms with Gasteiger partial charge in [-0.25, -0.2) is 60.3 Å². The number of carbonyl (C=O) groups is 8. The summed E-state index contributed by atoms with van der Waals surface area (Å²) < 4.78 is 81.3. The number of aliphatic carboxylic acids is 2. The number of urea groups is 2. The molecule has 9 heterocycles. The first-order valence-corrected chi connectivity index (χ1v) is 51.9. The fourth-order valence-corrected chi connectivity index (χ4v) is 24.0. The van der Waals surface area contributed by atoms with Crippen LogP contribution in [-0.4, -0.2) is 244 Å². The molecule has 12 atom stereocenters. The minimum absolute atomic E-state index is 0.0288. The molecule has 4 aliphatic carbocycles. The third-order valence-electron chi connectivity index (χ3n) is 27.4. The molecule has 4 aromatic heterocycles. The van der Waals surface area contributed by atoms with E-state index in [1.54, 1.807) is 76.6 Å². The van der Waals surface area contributed by atoms with Crippen molar-refractivity contribution in [2.75, 3.05) is 64.6 Å². The van der Waals surface area contributed by atoms with Crippen molar-refractivity contribution >= 4 is 122 Å². The van der Waals surface area contributed by atoms with Crippen molar-refractivity contribution in [3.8, 4) is 45.8 Å². The molecule has 2 unspecified atom stereocenters. The topological polar surface area (TPSA) is 443 Å². The quantitative estimate of drug-likeness (QED) is 0.0225. The summed E-state index contributed by atoms with van der Waals surface area (Å²) in [7, 11) is -2.74. The first-order valence-electron chi connectivity index (χ1n) is 47.2. The number of methoxy groups -OCH3 is 2. The van der Waals surface area contributed by atoms with Gasteiger partial charge in [-0.3, -0.25) is 19.2 Å². The number of nitrogens with zero attached hydrogens (tertiary/aromatic N) is 8. The highest BCUT2D eigenvalue weighted by Crippen LogP contribution is 2.48. The average Bonchev–Trinajstić information content (AvgIpc) is 1.58. The standard InChI is InChI=1S/C51H64N8O9S2.C45H62N8O9S2/c1-31(2)52-50-56-42(30-69-50)40-26-44(37-21-20-35(67-3)24-39(37)53-40)68-36-25-43-46(60)57-51(48(62)63)27-34(51)17-10-5-4-6-11-18-38(47(61)59(43)28-36)54-49(64)55-41(32-14-8-7-9-15-32)29-58-23-22-33-16-12-13-19-45(33)70(58,65)66;1-26(2)46-44-50-37(25-63-44)35-21-39(32-18-17-30(61-6)19-34(32)47-35)62-31-20-38-40(54)51-45(42(56)57)22-29(45)15-10-8-7-9-11-16-33(41(55)53(38)23-31)48-43(58)49-36(28-13-12-14-28)24-52(5)64(59,60)27(3)4/h10,12-13,16-17,19-21,24,26,30-32,34,36,38,41,43H,4-9,11,14-15,18,22-23,25,27-29H2,1-3H3,(H,52,56)(H,57,60)(H,62,63)(H2,54,55,64);10,15,17-19,21,25-29,31,33,36,38H,7-9,11-14,16,20,22-24H2,1-6H3,(H,46,50)(H,51,54)(H,56,57)(H2,48,49,58)/b17-10-;15-10-/t34?,36-,38+,41-,43+,51-;29?,31-,33+,36-,38+,45-/m11/s1. The molecule has 16 rings (SSSR count). The number of allylic oxidation sites excluding steroid dienone is 2. The Morgan fingerprint density at radius 1 is 0.582 bits per heavy atom. The number of amides is 8. The molecule has 0 radical (unpaired) electrons. The van der Waals surface area contributed by atoms with Crippen LogP contribution >= 0.6 is 22.7 Å². The minimum Gasteiger partial charge on any atom is -0.497 e. The number of aromatic nitrogens is 4. The summed E-state index contributed by atoms with van der Waals surface area (Å²) in [4.78, 5) is 135. The lowest BCUT2D eigenvalue weighted by molar-refractivity contribution is -0.146. The summed E-state index contributed by atoms with van der Waals surface area (Å²) in [5, 5.41) is 51.2. The van der Waals surface area contributed by atoms with Crippen LogP contribution in [0.2, 0.25) is 0 Å². The number of thiazole rings is 2. The van der Waals surface area contributed by atoms with Gasteiger partial charge in [0.2, 0.25) is 43.7 Å². The Labute approximate surface area is 790 Å². The van der Waals surface area contributed by atoms with Crippen molar-refractivity contribution in [2.24, 2.45) is 23.7 Å². The number of carboxylic acids is 2. The number of hydrogen-bond donors (Lipinski definition) is 10. The molecule has 5 aliphatic heterocycles. The van der Waals surface area contributed by atoms with Crippen LogP contribution in [0.1, 0.15) is 188 Å². The molecule has 0 bridgehead atoms. The van der Waals surface area contributed by atoms with Crippen molar-refractivity contribution in [1.29, 1.82) is 0 Å². The average molecular weight is 1920 g/mol. The Kier molecular flexibility index (Phi) is 30.8. The number of pyridine rings is 2. The highest BCUT2D eigenvalue weighted by atomic mass is 32.2. The smallest absolute Gasteiger partial charge is 0.330 e. The molecular formula is C96H126N16O18S4. The Morgan fingerprint density at radius 3 is 1.49 bits per heavy atom. The molecule has 34 nitrogen and oxygen atoms in total. The van der Waals surface area contributed by atoms with E-state index in [0.29, 0.717) is 106 Å². The molecule has 10 N–H and O–H groups in total. The van der Waals surface area contributed by atoms with Crippen LogP contribution in [-0.2, 0) is 55.2 Å². The van der Waals surface area contributed by atoms with Crippen LogP contribution in [0, 0.1) is 23.7 Å². The van der Waals surface area contributed by atoms with Crippen LogP contribution in [0.5, 0.6) is 23.0 Å². The molecule has 9 aliphatic rings. The van der Waals surface area contributed by atoms with E-state index in [0.717, 1.165) is 92.9 Å². The second kappa shape index (κ2) is 42.2. The predicted molar refractivity (Wildman–Crippen MR) is 511 cm³/mol. The first-order chi connectivity index (χ1) is 64.2. The third-order valence-corrected chi connectivity index (χ3v) is 33.2. The van der Waals surface area contributed by atoms with Crippen molar-refractivity contribution < 1.29 is 84.4 Å². The molecule has 8 amide bonds. The summed E-state index contributed by atoms with van der Waals surface area (Å²) >= 11 is 2.91. The number of carboxylic acid groups (broad SMARTS) is 2. The largest absolute Gasteiger partial charge is 0.497 e. The van der Waals surface area contributed by atoms with Gasteiger partial charge in [0.15, 0.2) is 10.3 Å². The molecule has 6 fully saturated rings. The summed E-state index contributed by atoms with van der Waals surface area (Å²) in [6, 6.07) is 15.3. The van der Waals surface area contributed by atoms with Crippen LogP contribution in [0.3, 0.4) is 0 Å². The summed E-state index contributed by atoms with van der Waals surface area (Å²) in [6.07, 6.45) is 20.8. The lowest BCUT2D eigenvalue weighted by atomic mass is 9.79. The number of carbonyl (C=O) groups excluding carboxylic acids is 6. The van der Waals surface area contributed by atoms with Gasteiger partial charge >= 0.3 is 24.0 Å². The maximum Gasteiger partial charge on any atom is 0.330 e. The fraction of sp³-hybridized carbons (Fsp3) is 0.562. The third kappa shape index (κ3) is 22.5. The van der Waals surface area contributed by atoms with Gasteiger partial charge in [-0.15, -0.1) is 22.7 Å². The van der Waals surface area contributed by atoms with E-state index >= 15 is 4.79 Å². The molecule has 2 saturated heterocycles. The van der Waals surface area contributed by atoms with Gasteiger partial charge in [0.1, 0.15) is 81.8 Å². The van der Waals surface area contributed by atoms with Crippen molar-refractivity contribution in [2.45, 2.75) is 271 Å². The second-order valence-electron chi connectivity index (χ2n) is 37.9. The summed E-state index contributed by atoms with van der Waals surface area (Å²) in [5.74, 6) is -3.13. The van der Waals surface area contributed by atoms with E-state index in [-0.39, 0.29) is 93.5 Å². The molecule has 0 spiro atoms. The zero-order valence-corrected chi connectivity index (χ0v) is 80.8. The van der Waals surface area contributed by atoms with Crippen LogP contribution in [0.15, 0.2) is 113 Å². The van der Waals surface area contributed by atoms with Gasteiger partial charge < -0.3 is 81.5 Å². The number of fused-ring (bicyclic) bond motifs is 7. The Hall–Kier alpha value is -10.8. The van der Waals surface area contributed by atoms with E-state index in [1.165, 1.54) is 48.1 Å². The Morgan fingerprint density at radius 2 is 1.04 bits per heavy atom. The molecule has 4 saturated carbocycles. The number of sulfonamides is 2. The lowest BCUT2D eigenvalue weighted by Gasteiger charge is -2.37. The highest BCUT2D eigenvalue weighted by molar-refractivity contribution is 7.89. The molecule has 3 aromatic carbocycles. The van der Waals surface area contributed by atoms with Gasteiger partial charge in [0.25, 0.3) is 0 Å². The van der Waals surface area contributed by atoms with Gasteiger partial charge in [-0.1, -0.05) is 93.9 Å². The molecule has 722 valence electrons. The molecule has 134 heavy (non-hydrogen) atoms. The van der Waals surface area contributed by atoms with Gasteiger partial charge in [0, 0.05) is 121 Å². The predicted octanol–water partition coefficient (Wildman–Crippen LogP) is 12.4. The van der Waals surface area contributed by atoms with Gasteiger partial charge in [0.05, 0.1) is 59.9 Å². The number of benzene rings is 3. The number of ether oxygens (including phenoxy) is 4. The van der Waals surface area contributed by atoms with E-state index in [1.807, 2.05) is 87.0 Å².